The maximum Gasteiger partial charge on any atom is 0.237 e. The van der Waals surface area contributed by atoms with Crippen molar-refractivity contribution in [1.29, 1.82) is 0 Å². The summed E-state index contributed by atoms with van der Waals surface area (Å²) in [6, 6.07) is 15.5. The second kappa shape index (κ2) is 8.63. The molecule has 4 aromatic rings. The summed E-state index contributed by atoms with van der Waals surface area (Å²) in [6.07, 6.45) is 1.82. The predicted octanol–water partition coefficient (Wildman–Crippen LogP) is 5.44. The molecule has 0 atom stereocenters. The number of hydrogen-bond acceptors (Lipinski definition) is 6. The molecule has 0 radical (unpaired) electrons. The van der Waals surface area contributed by atoms with Gasteiger partial charge in [0.05, 0.1) is 5.75 Å². The smallest absolute Gasteiger partial charge is 0.237 e. The molecule has 2 heterocycles. The molecule has 2 aromatic carbocycles. The summed E-state index contributed by atoms with van der Waals surface area (Å²) in [6.45, 7) is 6.45. The van der Waals surface area contributed by atoms with Crippen molar-refractivity contribution < 1.29 is 4.52 Å². The topological polar surface area (TPSA) is 69.6 Å². The Balaban J connectivity index is 1.54. The third kappa shape index (κ3) is 4.26. The average Bonchev–Trinajstić information content (AvgIpc) is 3.35. The summed E-state index contributed by atoms with van der Waals surface area (Å²) >= 11 is 7.48. The second-order valence-electron chi connectivity index (χ2n) is 6.33. The van der Waals surface area contributed by atoms with Crippen molar-refractivity contribution in [3.8, 4) is 22.8 Å². The number of aromatic nitrogens is 5. The molecule has 0 fully saturated rings. The van der Waals surface area contributed by atoms with Crippen molar-refractivity contribution in [2.24, 2.45) is 0 Å². The van der Waals surface area contributed by atoms with Gasteiger partial charge in [-0.15, -0.1) is 16.8 Å². The maximum atomic E-state index is 5.99. The first-order valence-electron chi connectivity index (χ1n) is 8.97. The van der Waals surface area contributed by atoms with Crippen LogP contribution in [0.25, 0.3) is 22.8 Å². The van der Waals surface area contributed by atoms with Crippen LogP contribution in [0.2, 0.25) is 5.02 Å². The van der Waals surface area contributed by atoms with E-state index in [9.17, 15) is 0 Å². The van der Waals surface area contributed by atoms with Crippen LogP contribution < -0.4 is 0 Å². The predicted molar refractivity (Wildman–Crippen MR) is 115 cm³/mol. The van der Waals surface area contributed by atoms with Gasteiger partial charge in [0.25, 0.3) is 0 Å². The van der Waals surface area contributed by atoms with Gasteiger partial charge >= 0.3 is 0 Å². The zero-order valence-corrected chi connectivity index (χ0v) is 17.3. The van der Waals surface area contributed by atoms with Crippen LogP contribution in [0.4, 0.5) is 0 Å². The Kier molecular flexibility index (Phi) is 5.78. The monoisotopic (exact) mass is 423 g/mol. The molecule has 0 N–H and O–H groups in total. The lowest BCUT2D eigenvalue weighted by Gasteiger charge is -2.07. The first-order chi connectivity index (χ1) is 14.2. The Hall–Kier alpha value is -2.90. The number of nitrogens with zero attached hydrogens (tertiary/aromatic N) is 5. The van der Waals surface area contributed by atoms with Crippen LogP contribution in [0.5, 0.6) is 0 Å². The van der Waals surface area contributed by atoms with Gasteiger partial charge < -0.3 is 4.52 Å². The summed E-state index contributed by atoms with van der Waals surface area (Å²) in [5.41, 5.74) is 3.01. The van der Waals surface area contributed by atoms with Crippen LogP contribution >= 0.6 is 23.4 Å². The number of benzene rings is 2. The van der Waals surface area contributed by atoms with Gasteiger partial charge in [-0.2, -0.15) is 4.98 Å². The van der Waals surface area contributed by atoms with E-state index in [4.69, 9.17) is 16.1 Å². The van der Waals surface area contributed by atoms with Crippen molar-refractivity contribution in [3.63, 3.8) is 0 Å². The van der Waals surface area contributed by atoms with Crippen LogP contribution in [0.1, 0.15) is 11.5 Å². The Bertz CT molecular complexity index is 1140. The molecule has 0 spiro atoms. The molecule has 0 bridgehead atoms. The van der Waals surface area contributed by atoms with E-state index in [0.717, 1.165) is 27.7 Å². The standard InChI is InChI=1S/C21H18ClN5OS/c1-3-12-27-20(15-8-10-16(22)11-9-15)24-25-21(27)29-13-18-23-19(26-28-18)17-7-5-4-6-14(17)2/h3-11H,1,12-13H2,2H3. The molecule has 0 aliphatic carbocycles. The quantitative estimate of drug-likeness (QED) is 0.291. The van der Waals surface area contributed by atoms with Gasteiger partial charge in [-0.1, -0.05) is 58.9 Å². The van der Waals surface area contributed by atoms with Crippen molar-refractivity contribution >= 4 is 23.4 Å². The van der Waals surface area contributed by atoms with Gasteiger partial charge in [-0.05, 0) is 36.8 Å². The van der Waals surface area contributed by atoms with Gasteiger partial charge in [0.1, 0.15) is 0 Å². The molecule has 29 heavy (non-hydrogen) atoms. The summed E-state index contributed by atoms with van der Waals surface area (Å²) in [5, 5.41) is 14.2. The van der Waals surface area contributed by atoms with Crippen LogP contribution in [-0.4, -0.2) is 24.9 Å². The number of thioether (sulfide) groups is 1. The Morgan fingerprint density at radius 2 is 1.93 bits per heavy atom. The number of aryl methyl sites for hydroxylation is 1. The number of rotatable bonds is 7. The fraction of sp³-hybridized carbons (Fsp3) is 0.143. The number of allylic oxidation sites excluding steroid dienone is 1. The molecule has 0 saturated carbocycles. The van der Waals surface area contributed by atoms with E-state index in [2.05, 4.69) is 26.9 Å². The zero-order chi connectivity index (χ0) is 20.2. The van der Waals surface area contributed by atoms with Crippen molar-refractivity contribution in [3.05, 3.63) is 77.7 Å². The normalized spacial score (nSPS) is 11.0. The van der Waals surface area contributed by atoms with Crippen LogP contribution in [0.15, 0.2) is 70.9 Å². The molecule has 0 amide bonds. The minimum atomic E-state index is 0.495. The summed E-state index contributed by atoms with van der Waals surface area (Å²) in [5.74, 6) is 2.38. The van der Waals surface area contributed by atoms with Crippen LogP contribution in [-0.2, 0) is 12.3 Å². The highest BCUT2D eigenvalue weighted by atomic mass is 35.5. The number of hydrogen-bond donors (Lipinski definition) is 0. The lowest BCUT2D eigenvalue weighted by molar-refractivity contribution is 0.391. The van der Waals surface area contributed by atoms with E-state index in [1.165, 1.54) is 11.8 Å². The Morgan fingerprint density at radius 3 is 2.69 bits per heavy atom. The second-order valence-corrected chi connectivity index (χ2v) is 7.71. The van der Waals surface area contributed by atoms with Crippen molar-refractivity contribution in [2.45, 2.75) is 24.4 Å². The summed E-state index contributed by atoms with van der Waals surface area (Å²) in [4.78, 5) is 4.52. The van der Waals surface area contributed by atoms with Gasteiger partial charge in [0.2, 0.25) is 11.7 Å². The van der Waals surface area contributed by atoms with E-state index < -0.39 is 0 Å². The molecule has 0 unspecified atom stereocenters. The van der Waals surface area contributed by atoms with Gasteiger partial charge in [0.15, 0.2) is 11.0 Å². The fourth-order valence-electron chi connectivity index (χ4n) is 2.87. The third-order valence-corrected chi connectivity index (χ3v) is 5.51. The van der Waals surface area contributed by atoms with Gasteiger partial charge in [-0.3, -0.25) is 4.57 Å². The Labute approximate surface area is 177 Å². The van der Waals surface area contributed by atoms with Crippen LogP contribution in [0.3, 0.4) is 0 Å². The Morgan fingerprint density at radius 1 is 1.14 bits per heavy atom. The molecule has 8 heteroatoms. The van der Waals surface area contributed by atoms with Gasteiger partial charge in [-0.25, -0.2) is 0 Å². The molecule has 0 saturated heterocycles. The first-order valence-corrected chi connectivity index (χ1v) is 10.3. The zero-order valence-electron chi connectivity index (χ0n) is 15.7. The van der Waals surface area contributed by atoms with E-state index in [0.29, 0.717) is 29.0 Å². The minimum Gasteiger partial charge on any atom is -0.338 e. The molecule has 4 rings (SSSR count). The number of halogens is 1. The molecular formula is C21H18ClN5OS. The van der Waals surface area contributed by atoms with E-state index in [-0.39, 0.29) is 0 Å². The maximum absolute atomic E-state index is 5.99. The van der Waals surface area contributed by atoms with Gasteiger partial charge in [0, 0.05) is 22.7 Å². The average molecular weight is 424 g/mol. The lowest BCUT2D eigenvalue weighted by Crippen LogP contribution is -2.00. The van der Waals surface area contributed by atoms with E-state index in [1.807, 2.05) is 66.1 Å². The summed E-state index contributed by atoms with van der Waals surface area (Å²) < 4.78 is 7.43. The van der Waals surface area contributed by atoms with Crippen molar-refractivity contribution in [2.75, 3.05) is 0 Å². The van der Waals surface area contributed by atoms with Crippen LogP contribution in [0, 0.1) is 6.92 Å². The lowest BCUT2D eigenvalue weighted by atomic mass is 10.1. The molecule has 0 aliphatic heterocycles. The highest BCUT2D eigenvalue weighted by molar-refractivity contribution is 7.98. The fourth-order valence-corrected chi connectivity index (χ4v) is 3.79. The first kappa shape index (κ1) is 19.4. The van der Waals surface area contributed by atoms with Crippen molar-refractivity contribution in [1.82, 2.24) is 24.9 Å². The van der Waals surface area contributed by atoms with E-state index in [1.54, 1.807) is 0 Å². The molecule has 2 aromatic heterocycles. The molecule has 0 aliphatic rings. The largest absolute Gasteiger partial charge is 0.338 e. The molecule has 146 valence electrons. The molecule has 6 nitrogen and oxygen atoms in total. The SMILES string of the molecule is C=CCn1c(SCc2nc(-c3ccccc3C)no2)nnc1-c1ccc(Cl)cc1. The highest BCUT2D eigenvalue weighted by Gasteiger charge is 2.16. The van der Waals surface area contributed by atoms with E-state index >= 15 is 0 Å². The minimum absolute atomic E-state index is 0.495. The highest BCUT2D eigenvalue weighted by Crippen LogP contribution is 2.28. The molecular weight excluding hydrogens is 406 g/mol. The summed E-state index contributed by atoms with van der Waals surface area (Å²) in [7, 11) is 0. The third-order valence-electron chi connectivity index (χ3n) is 4.31.